The highest BCUT2D eigenvalue weighted by Gasteiger charge is 2.13. The van der Waals surface area contributed by atoms with Gasteiger partial charge in [0, 0.05) is 12.1 Å². The maximum atomic E-state index is 13.9. The molecule has 3 aromatic carbocycles. The molecule has 1 N–H and O–H groups in total. The number of aryl methyl sites for hydroxylation is 1. The van der Waals surface area contributed by atoms with Gasteiger partial charge in [-0.3, -0.25) is 9.59 Å². The highest BCUT2D eigenvalue weighted by Crippen LogP contribution is 2.15. The van der Waals surface area contributed by atoms with Crippen molar-refractivity contribution < 1.29 is 23.5 Å². The van der Waals surface area contributed by atoms with Crippen molar-refractivity contribution in [2.24, 2.45) is 0 Å². The fourth-order valence-electron chi connectivity index (χ4n) is 3.70. The maximum absolute atomic E-state index is 13.9. The zero-order valence-electron chi connectivity index (χ0n) is 20.1. The summed E-state index contributed by atoms with van der Waals surface area (Å²) in [7, 11) is 1.24. The molecule has 0 aliphatic rings. The molecule has 6 heteroatoms. The average molecular weight is 478 g/mol. The minimum absolute atomic E-state index is 0.135. The molecule has 35 heavy (non-hydrogen) atoms. The first-order valence-electron chi connectivity index (χ1n) is 11.9. The van der Waals surface area contributed by atoms with Gasteiger partial charge in [0.25, 0.3) is 5.91 Å². The topological polar surface area (TPSA) is 64.6 Å². The molecular weight excluding hydrogens is 445 g/mol. The molecule has 0 unspecified atom stereocenters. The lowest BCUT2D eigenvalue weighted by atomic mass is 10.1. The van der Waals surface area contributed by atoms with E-state index in [4.69, 9.17) is 4.74 Å². The number of ether oxygens (including phenoxy) is 2. The molecule has 0 radical (unpaired) electrons. The first kappa shape index (κ1) is 25.9. The Kier molecular flexibility index (Phi) is 10.3. The number of unbranched alkanes of at least 4 members (excludes halogenated alkanes) is 2. The van der Waals surface area contributed by atoms with E-state index in [0.717, 1.165) is 37.0 Å². The van der Waals surface area contributed by atoms with E-state index >= 15 is 0 Å². The number of halogens is 1. The van der Waals surface area contributed by atoms with Crippen molar-refractivity contribution >= 4 is 11.9 Å². The van der Waals surface area contributed by atoms with Crippen LogP contribution in [0.1, 0.15) is 46.3 Å². The molecule has 0 saturated heterocycles. The number of benzene rings is 3. The minimum atomic E-state index is -0.558. The van der Waals surface area contributed by atoms with Crippen molar-refractivity contribution in [3.8, 4) is 5.75 Å². The summed E-state index contributed by atoms with van der Waals surface area (Å²) in [5.41, 5.74) is 2.89. The second kappa shape index (κ2) is 13.9. The second-order valence-electron chi connectivity index (χ2n) is 8.35. The molecule has 184 valence electrons. The Morgan fingerprint density at radius 1 is 0.857 bits per heavy atom. The summed E-state index contributed by atoms with van der Waals surface area (Å²) in [6.07, 6.45) is 4.84. The molecule has 0 bridgehead atoms. The number of nitrogens with one attached hydrogen (secondary N) is 1. The SMILES string of the molecule is COC(=O)Cc1cc(C(=O)NCCc2ccc(OCCCCCc3ccccc3)cc2)ccc1F. The normalized spacial score (nSPS) is 10.6. The van der Waals surface area contributed by atoms with Crippen LogP contribution in [0, 0.1) is 5.82 Å². The summed E-state index contributed by atoms with van der Waals surface area (Å²) in [6, 6.07) is 22.4. The Morgan fingerprint density at radius 3 is 2.34 bits per heavy atom. The van der Waals surface area contributed by atoms with E-state index in [0.29, 0.717) is 25.1 Å². The van der Waals surface area contributed by atoms with Crippen molar-refractivity contribution in [3.05, 3.63) is 101 Å². The Labute approximate surface area is 206 Å². The van der Waals surface area contributed by atoms with Crippen LogP contribution in [0.5, 0.6) is 5.75 Å². The van der Waals surface area contributed by atoms with Gasteiger partial charge >= 0.3 is 5.97 Å². The van der Waals surface area contributed by atoms with Crippen LogP contribution in [0.3, 0.4) is 0 Å². The number of amides is 1. The van der Waals surface area contributed by atoms with Crippen LogP contribution < -0.4 is 10.1 Å². The molecule has 0 spiro atoms. The Hall–Kier alpha value is -3.67. The van der Waals surface area contributed by atoms with Gasteiger partial charge in [-0.15, -0.1) is 0 Å². The quantitative estimate of drug-likeness (QED) is 0.268. The summed E-state index contributed by atoms with van der Waals surface area (Å²) in [6.45, 7) is 1.13. The van der Waals surface area contributed by atoms with Gasteiger partial charge in [-0.2, -0.15) is 0 Å². The summed E-state index contributed by atoms with van der Waals surface area (Å²) >= 11 is 0. The standard InChI is InChI=1S/C29H32FNO4/c1-34-28(32)21-25-20-24(13-16-27(25)30)29(33)31-18-17-23-11-14-26(15-12-23)35-19-7-3-6-10-22-8-4-2-5-9-22/h2,4-5,8-9,11-16,20H,3,6-7,10,17-19,21H2,1H3,(H,31,33). The van der Waals surface area contributed by atoms with E-state index in [1.165, 1.54) is 30.9 Å². The van der Waals surface area contributed by atoms with E-state index in [1.54, 1.807) is 0 Å². The van der Waals surface area contributed by atoms with Crippen molar-refractivity contribution in [1.29, 1.82) is 0 Å². The first-order chi connectivity index (χ1) is 17.0. The van der Waals surface area contributed by atoms with Gasteiger partial charge < -0.3 is 14.8 Å². The fraction of sp³-hybridized carbons (Fsp3) is 0.310. The molecule has 0 atom stereocenters. The van der Waals surface area contributed by atoms with Gasteiger partial charge in [-0.05, 0) is 79.1 Å². The molecule has 5 nitrogen and oxygen atoms in total. The van der Waals surface area contributed by atoms with E-state index in [2.05, 4.69) is 34.3 Å². The van der Waals surface area contributed by atoms with Crippen molar-refractivity contribution in [2.75, 3.05) is 20.3 Å². The number of hydrogen-bond donors (Lipinski definition) is 1. The van der Waals surface area contributed by atoms with Crippen LogP contribution in [0.4, 0.5) is 4.39 Å². The molecule has 0 heterocycles. The van der Waals surface area contributed by atoms with Crippen LogP contribution in [-0.2, 0) is 28.8 Å². The highest BCUT2D eigenvalue weighted by atomic mass is 19.1. The van der Waals surface area contributed by atoms with Crippen molar-refractivity contribution in [1.82, 2.24) is 5.32 Å². The molecular formula is C29H32FNO4. The molecule has 1 amide bonds. The highest BCUT2D eigenvalue weighted by molar-refractivity contribution is 5.94. The predicted octanol–water partition coefficient (Wildman–Crippen LogP) is 5.31. The molecule has 0 saturated carbocycles. The number of rotatable bonds is 13. The number of esters is 1. The van der Waals surface area contributed by atoms with E-state index in [1.807, 2.05) is 30.3 Å². The summed E-state index contributed by atoms with van der Waals surface area (Å²) in [5.74, 6) is -0.577. The lowest BCUT2D eigenvalue weighted by molar-refractivity contribution is -0.139. The third-order valence-corrected chi connectivity index (χ3v) is 5.71. The number of methoxy groups -OCH3 is 1. The van der Waals surface area contributed by atoms with Crippen molar-refractivity contribution in [2.45, 2.75) is 38.5 Å². The Bertz CT molecular complexity index is 1080. The van der Waals surface area contributed by atoms with Crippen LogP contribution in [0.25, 0.3) is 0 Å². The number of carbonyl (C=O) groups is 2. The zero-order valence-corrected chi connectivity index (χ0v) is 20.1. The van der Waals surface area contributed by atoms with Crippen LogP contribution in [-0.4, -0.2) is 32.1 Å². The molecule has 0 aromatic heterocycles. The predicted molar refractivity (Wildman–Crippen MR) is 134 cm³/mol. The summed E-state index contributed by atoms with van der Waals surface area (Å²) in [4.78, 5) is 23.8. The third-order valence-electron chi connectivity index (χ3n) is 5.71. The van der Waals surface area contributed by atoms with Gasteiger partial charge in [0.05, 0.1) is 20.1 Å². The number of carbonyl (C=O) groups excluding carboxylic acids is 2. The number of hydrogen-bond acceptors (Lipinski definition) is 4. The molecule has 0 aliphatic heterocycles. The molecule has 0 fully saturated rings. The largest absolute Gasteiger partial charge is 0.494 e. The second-order valence-corrected chi connectivity index (χ2v) is 8.35. The summed E-state index contributed by atoms with van der Waals surface area (Å²) in [5, 5.41) is 2.83. The third kappa shape index (κ3) is 8.89. The van der Waals surface area contributed by atoms with E-state index in [-0.39, 0.29) is 17.9 Å². The van der Waals surface area contributed by atoms with Crippen LogP contribution in [0.15, 0.2) is 72.8 Å². The minimum Gasteiger partial charge on any atom is -0.494 e. The van der Waals surface area contributed by atoms with Crippen LogP contribution in [0.2, 0.25) is 0 Å². The van der Waals surface area contributed by atoms with E-state index < -0.39 is 11.8 Å². The van der Waals surface area contributed by atoms with Gasteiger partial charge in [-0.25, -0.2) is 4.39 Å². The Morgan fingerprint density at radius 2 is 1.60 bits per heavy atom. The Balaban J connectivity index is 1.34. The molecule has 3 aromatic rings. The van der Waals surface area contributed by atoms with Gasteiger partial charge in [0.15, 0.2) is 0 Å². The smallest absolute Gasteiger partial charge is 0.310 e. The zero-order chi connectivity index (χ0) is 24.9. The maximum Gasteiger partial charge on any atom is 0.310 e. The van der Waals surface area contributed by atoms with E-state index in [9.17, 15) is 14.0 Å². The monoisotopic (exact) mass is 477 g/mol. The van der Waals surface area contributed by atoms with Crippen molar-refractivity contribution in [3.63, 3.8) is 0 Å². The first-order valence-corrected chi connectivity index (χ1v) is 11.9. The van der Waals surface area contributed by atoms with Gasteiger partial charge in [0.1, 0.15) is 11.6 Å². The average Bonchev–Trinajstić information content (AvgIpc) is 2.88. The van der Waals surface area contributed by atoms with Gasteiger partial charge in [-0.1, -0.05) is 42.5 Å². The lowest BCUT2D eigenvalue weighted by Gasteiger charge is -2.09. The van der Waals surface area contributed by atoms with Gasteiger partial charge in [0.2, 0.25) is 0 Å². The van der Waals surface area contributed by atoms with Crippen LogP contribution >= 0.6 is 0 Å². The summed E-state index contributed by atoms with van der Waals surface area (Å²) < 4.78 is 24.3. The molecule has 3 rings (SSSR count). The molecule has 0 aliphatic carbocycles. The lowest BCUT2D eigenvalue weighted by Crippen LogP contribution is -2.26. The fourth-order valence-corrected chi connectivity index (χ4v) is 3.70.